The Labute approximate surface area is 128 Å². The van der Waals surface area contributed by atoms with Gasteiger partial charge in [-0.2, -0.15) is 0 Å². The minimum absolute atomic E-state index is 0.356. The van der Waals surface area contributed by atoms with Gasteiger partial charge >= 0.3 is 0 Å². The smallest absolute Gasteiger partial charge is 0.0556 e. The second-order valence-electron chi connectivity index (χ2n) is 5.01. The number of benzene rings is 2. The Kier molecular flexibility index (Phi) is 3.79. The summed E-state index contributed by atoms with van der Waals surface area (Å²) in [6.45, 7) is 0. The fourth-order valence-electron chi connectivity index (χ4n) is 2.27. The summed E-state index contributed by atoms with van der Waals surface area (Å²) in [5, 5.41) is 1.44. The Hall–Kier alpha value is -0.630. The van der Waals surface area contributed by atoms with Crippen molar-refractivity contribution in [2.75, 3.05) is 5.75 Å². The van der Waals surface area contributed by atoms with Gasteiger partial charge in [-0.25, -0.2) is 0 Å². The fourth-order valence-corrected chi connectivity index (χ4v) is 4.09. The van der Waals surface area contributed by atoms with Crippen molar-refractivity contribution < 1.29 is 0 Å². The standard InChI is InChI=1S/C16H14Cl2S/c17-13-6-7-15(14(18)10-13)19-11-16(8-9-16)12-4-2-1-3-5-12/h1-7,10H,8-9,11H2. The van der Waals surface area contributed by atoms with Crippen LogP contribution >= 0.6 is 35.0 Å². The zero-order valence-corrected chi connectivity index (χ0v) is 12.7. The van der Waals surface area contributed by atoms with Crippen LogP contribution in [0.4, 0.5) is 0 Å². The molecule has 0 amide bonds. The maximum atomic E-state index is 6.22. The second-order valence-corrected chi connectivity index (χ2v) is 6.87. The van der Waals surface area contributed by atoms with Crippen molar-refractivity contribution >= 4 is 35.0 Å². The summed E-state index contributed by atoms with van der Waals surface area (Å²) in [4.78, 5) is 1.12. The predicted molar refractivity (Wildman–Crippen MR) is 84.5 cm³/mol. The van der Waals surface area contributed by atoms with Crippen LogP contribution in [0, 0.1) is 0 Å². The highest BCUT2D eigenvalue weighted by atomic mass is 35.5. The molecule has 1 aliphatic carbocycles. The first-order valence-corrected chi connectivity index (χ1v) is 8.07. The molecule has 0 unspecified atom stereocenters. The molecule has 0 heterocycles. The van der Waals surface area contributed by atoms with Gasteiger partial charge in [-0.15, -0.1) is 11.8 Å². The molecule has 0 radical (unpaired) electrons. The minimum atomic E-state index is 0.356. The first-order chi connectivity index (χ1) is 9.20. The van der Waals surface area contributed by atoms with Crippen molar-refractivity contribution in [1.29, 1.82) is 0 Å². The van der Waals surface area contributed by atoms with Crippen molar-refractivity contribution in [2.24, 2.45) is 0 Å². The summed E-state index contributed by atoms with van der Waals surface area (Å²) < 4.78 is 0. The highest BCUT2D eigenvalue weighted by Crippen LogP contribution is 2.51. The third-order valence-corrected chi connectivity index (χ3v) is 5.66. The van der Waals surface area contributed by atoms with E-state index in [0.717, 1.165) is 15.7 Å². The third kappa shape index (κ3) is 2.94. The van der Waals surface area contributed by atoms with E-state index in [-0.39, 0.29) is 0 Å². The van der Waals surface area contributed by atoms with Crippen molar-refractivity contribution in [3.05, 3.63) is 64.1 Å². The van der Waals surface area contributed by atoms with Gasteiger partial charge in [0.25, 0.3) is 0 Å². The van der Waals surface area contributed by atoms with Gasteiger partial charge in [0.05, 0.1) is 5.02 Å². The predicted octanol–water partition coefficient (Wildman–Crippen LogP) is 5.82. The van der Waals surface area contributed by atoms with Gasteiger partial charge in [-0.1, -0.05) is 53.5 Å². The summed E-state index contributed by atoms with van der Waals surface area (Å²) in [5.74, 6) is 1.08. The Morgan fingerprint density at radius 2 is 1.74 bits per heavy atom. The lowest BCUT2D eigenvalue weighted by Gasteiger charge is -2.15. The van der Waals surface area contributed by atoms with E-state index in [1.54, 1.807) is 0 Å². The molecule has 0 bridgehead atoms. The minimum Gasteiger partial charge on any atom is -0.124 e. The average Bonchev–Trinajstić information content (AvgIpc) is 3.20. The van der Waals surface area contributed by atoms with Crippen molar-refractivity contribution in [2.45, 2.75) is 23.2 Å². The zero-order valence-electron chi connectivity index (χ0n) is 10.4. The van der Waals surface area contributed by atoms with Crippen molar-refractivity contribution in [1.82, 2.24) is 0 Å². The quantitative estimate of drug-likeness (QED) is 0.641. The molecule has 0 aliphatic heterocycles. The molecule has 1 aliphatic rings. The normalized spacial score (nSPS) is 16.3. The second kappa shape index (κ2) is 5.40. The zero-order chi connectivity index (χ0) is 13.3. The van der Waals surface area contributed by atoms with Crippen molar-refractivity contribution in [3.8, 4) is 0 Å². The van der Waals surface area contributed by atoms with Crippen LogP contribution in [0.1, 0.15) is 18.4 Å². The monoisotopic (exact) mass is 308 g/mol. The number of hydrogen-bond acceptors (Lipinski definition) is 1. The van der Waals surface area contributed by atoms with E-state index in [0.29, 0.717) is 10.4 Å². The highest BCUT2D eigenvalue weighted by Gasteiger charge is 2.43. The van der Waals surface area contributed by atoms with Crippen LogP contribution in [0.2, 0.25) is 10.0 Å². The van der Waals surface area contributed by atoms with Gasteiger partial charge in [0, 0.05) is 21.1 Å². The molecule has 3 rings (SSSR count). The molecule has 1 fully saturated rings. The molecule has 0 aromatic heterocycles. The summed E-state index contributed by atoms with van der Waals surface area (Å²) in [6, 6.07) is 16.5. The number of thioether (sulfide) groups is 1. The average molecular weight is 309 g/mol. The van der Waals surface area contributed by atoms with Gasteiger partial charge < -0.3 is 0 Å². The molecular weight excluding hydrogens is 295 g/mol. The number of halogens is 2. The number of rotatable bonds is 4. The third-order valence-electron chi connectivity index (χ3n) is 3.64. The summed E-state index contributed by atoms with van der Waals surface area (Å²) >= 11 is 14.0. The van der Waals surface area contributed by atoms with Crippen LogP contribution in [-0.2, 0) is 5.41 Å². The van der Waals surface area contributed by atoms with Crippen LogP contribution in [0.25, 0.3) is 0 Å². The summed E-state index contributed by atoms with van der Waals surface area (Å²) in [5.41, 5.74) is 1.81. The molecular formula is C16H14Cl2S. The molecule has 2 aromatic rings. The molecule has 0 spiro atoms. The highest BCUT2D eigenvalue weighted by molar-refractivity contribution is 7.99. The maximum absolute atomic E-state index is 6.22. The van der Waals surface area contributed by atoms with Gasteiger partial charge in [0.2, 0.25) is 0 Å². The van der Waals surface area contributed by atoms with E-state index < -0.39 is 0 Å². The molecule has 0 saturated heterocycles. The van der Waals surface area contributed by atoms with Crippen LogP contribution in [0.3, 0.4) is 0 Å². The van der Waals surface area contributed by atoms with E-state index in [1.165, 1.54) is 18.4 Å². The van der Waals surface area contributed by atoms with E-state index in [2.05, 4.69) is 30.3 Å². The van der Waals surface area contributed by atoms with Gasteiger partial charge in [0.15, 0.2) is 0 Å². The molecule has 1 saturated carbocycles. The summed E-state index contributed by atoms with van der Waals surface area (Å²) in [6.07, 6.45) is 2.55. The fraction of sp³-hybridized carbons (Fsp3) is 0.250. The largest absolute Gasteiger partial charge is 0.124 e. The first kappa shape index (κ1) is 13.4. The molecule has 98 valence electrons. The molecule has 2 aromatic carbocycles. The lowest BCUT2D eigenvalue weighted by molar-refractivity contribution is 0.802. The Balaban J connectivity index is 1.73. The SMILES string of the molecule is Clc1ccc(SCC2(c3ccccc3)CC2)c(Cl)c1. The van der Waals surface area contributed by atoms with E-state index in [4.69, 9.17) is 23.2 Å². The topological polar surface area (TPSA) is 0 Å². The molecule has 0 N–H and O–H groups in total. The molecule has 3 heteroatoms. The Morgan fingerprint density at radius 1 is 1.00 bits per heavy atom. The lowest BCUT2D eigenvalue weighted by Crippen LogP contribution is -2.09. The maximum Gasteiger partial charge on any atom is 0.0556 e. The van der Waals surface area contributed by atoms with Crippen LogP contribution < -0.4 is 0 Å². The molecule has 19 heavy (non-hydrogen) atoms. The number of hydrogen-bond donors (Lipinski definition) is 0. The van der Waals surface area contributed by atoms with Gasteiger partial charge in [0.1, 0.15) is 0 Å². The van der Waals surface area contributed by atoms with Crippen LogP contribution in [0.5, 0.6) is 0 Å². The van der Waals surface area contributed by atoms with E-state index >= 15 is 0 Å². The molecule has 0 nitrogen and oxygen atoms in total. The van der Waals surface area contributed by atoms with E-state index in [1.807, 2.05) is 30.0 Å². The Bertz CT molecular complexity index is 577. The summed E-state index contributed by atoms with van der Waals surface area (Å²) in [7, 11) is 0. The van der Waals surface area contributed by atoms with Gasteiger partial charge in [-0.3, -0.25) is 0 Å². The first-order valence-electron chi connectivity index (χ1n) is 6.33. The van der Waals surface area contributed by atoms with Gasteiger partial charge in [-0.05, 0) is 36.6 Å². The lowest BCUT2D eigenvalue weighted by atomic mass is 9.99. The van der Waals surface area contributed by atoms with Crippen LogP contribution in [0.15, 0.2) is 53.4 Å². The van der Waals surface area contributed by atoms with Crippen molar-refractivity contribution in [3.63, 3.8) is 0 Å². The molecule has 0 atom stereocenters. The van der Waals surface area contributed by atoms with E-state index in [9.17, 15) is 0 Å². The Morgan fingerprint density at radius 3 is 2.37 bits per heavy atom. The van der Waals surface area contributed by atoms with Crippen LogP contribution in [-0.4, -0.2) is 5.75 Å².